The van der Waals surface area contributed by atoms with Crippen LogP contribution in [0.1, 0.15) is 63.0 Å². The van der Waals surface area contributed by atoms with Crippen LogP contribution in [0.4, 0.5) is 5.69 Å². The molecule has 0 saturated carbocycles. The number of anilines is 1. The van der Waals surface area contributed by atoms with Crippen molar-refractivity contribution in [1.29, 1.82) is 0 Å². The second-order valence-corrected chi connectivity index (χ2v) is 8.58. The van der Waals surface area contributed by atoms with Crippen molar-refractivity contribution < 1.29 is 14.4 Å². The average molecular weight is 430 g/mol. The summed E-state index contributed by atoms with van der Waals surface area (Å²) in [6.45, 7) is 8.18. The van der Waals surface area contributed by atoms with Gasteiger partial charge < -0.3 is 5.32 Å². The number of nitrogens with one attached hydrogen (secondary N) is 3. The van der Waals surface area contributed by atoms with Crippen LogP contribution in [0.15, 0.2) is 72.8 Å². The van der Waals surface area contributed by atoms with E-state index in [9.17, 15) is 14.4 Å². The predicted octanol–water partition coefficient (Wildman–Crippen LogP) is 4.62. The van der Waals surface area contributed by atoms with Gasteiger partial charge in [-0.1, -0.05) is 51.1 Å². The Bertz CT molecular complexity index is 1130. The smallest absolute Gasteiger partial charge is 0.269 e. The van der Waals surface area contributed by atoms with E-state index >= 15 is 0 Å². The predicted molar refractivity (Wildman–Crippen MR) is 126 cm³/mol. The van der Waals surface area contributed by atoms with E-state index in [1.165, 1.54) is 0 Å². The number of carbonyl (C=O) groups is 3. The summed E-state index contributed by atoms with van der Waals surface area (Å²) >= 11 is 0. The summed E-state index contributed by atoms with van der Waals surface area (Å²) in [5.41, 5.74) is 8.75. The van der Waals surface area contributed by atoms with Gasteiger partial charge in [0, 0.05) is 22.4 Å². The van der Waals surface area contributed by atoms with Gasteiger partial charge >= 0.3 is 0 Å². The summed E-state index contributed by atoms with van der Waals surface area (Å²) in [7, 11) is 0. The Balaban J connectivity index is 1.57. The van der Waals surface area contributed by atoms with Crippen LogP contribution in [0.25, 0.3) is 0 Å². The van der Waals surface area contributed by atoms with Gasteiger partial charge in [0.05, 0.1) is 0 Å². The molecule has 0 saturated heterocycles. The first-order valence-corrected chi connectivity index (χ1v) is 10.3. The second kappa shape index (κ2) is 9.47. The summed E-state index contributed by atoms with van der Waals surface area (Å²) in [6, 6.07) is 21.0. The molecule has 32 heavy (non-hydrogen) atoms. The Labute approximate surface area is 188 Å². The Kier molecular flexibility index (Phi) is 6.73. The first-order valence-electron chi connectivity index (χ1n) is 10.3. The van der Waals surface area contributed by atoms with Gasteiger partial charge in [0.25, 0.3) is 17.7 Å². The van der Waals surface area contributed by atoms with Gasteiger partial charge in [-0.05, 0) is 65.9 Å². The molecular formula is C26H27N3O3. The third-order valence-electron chi connectivity index (χ3n) is 5.10. The summed E-state index contributed by atoms with van der Waals surface area (Å²) in [5.74, 6) is -1.08. The van der Waals surface area contributed by atoms with Crippen molar-refractivity contribution >= 4 is 23.4 Å². The molecule has 0 aliphatic heterocycles. The maximum atomic E-state index is 12.5. The molecule has 164 valence electrons. The molecule has 0 atom stereocenters. The largest absolute Gasteiger partial charge is 0.322 e. The van der Waals surface area contributed by atoms with E-state index in [0.29, 0.717) is 22.4 Å². The molecule has 0 aromatic heterocycles. The number of hydrogen-bond donors (Lipinski definition) is 3. The van der Waals surface area contributed by atoms with Crippen molar-refractivity contribution in [3.8, 4) is 0 Å². The maximum Gasteiger partial charge on any atom is 0.269 e. The van der Waals surface area contributed by atoms with E-state index in [-0.39, 0.29) is 11.3 Å². The minimum absolute atomic E-state index is 0.0187. The van der Waals surface area contributed by atoms with Gasteiger partial charge in [0.2, 0.25) is 0 Å². The molecule has 0 aliphatic carbocycles. The number of amides is 3. The molecule has 0 unspecified atom stereocenters. The molecule has 3 aromatic rings. The van der Waals surface area contributed by atoms with Crippen molar-refractivity contribution in [2.24, 2.45) is 0 Å². The monoisotopic (exact) mass is 429 g/mol. The van der Waals surface area contributed by atoms with Crippen LogP contribution in [0.5, 0.6) is 0 Å². The van der Waals surface area contributed by atoms with Crippen molar-refractivity contribution in [1.82, 2.24) is 10.9 Å². The Morgan fingerprint density at radius 2 is 1.19 bits per heavy atom. The third-order valence-corrected chi connectivity index (χ3v) is 5.10. The topological polar surface area (TPSA) is 87.3 Å². The highest BCUT2D eigenvalue weighted by atomic mass is 16.2. The molecule has 3 rings (SSSR count). The third kappa shape index (κ3) is 5.60. The summed E-state index contributed by atoms with van der Waals surface area (Å²) in [6.07, 6.45) is 0. The fourth-order valence-electron chi connectivity index (χ4n) is 3.11. The Morgan fingerprint density at radius 1 is 0.656 bits per heavy atom. The zero-order chi connectivity index (χ0) is 23.3. The number of hydrogen-bond acceptors (Lipinski definition) is 3. The highest BCUT2D eigenvalue weighted by Gasteiger charge is 2.15. The van der Waals surface area contributed by atoms with E-state index in [0.717, 1.165) is 11.1 Å². The fraction of sp³-hybridized carbons (Fsp3) is 0.192. The number of aryl methyl sites for hydroxylation is 1. The fourth-order valence-corrected chi connectivity index (χ4v) is 3.11. The van der Waals surface area contributed by atoms with Crippen LogP contribution in [0.3, 0.4) is 0 Å². The van der Waals surface area contributed by atoms with Crippen molar-refractivity contribution in [2.45, 2.75) is 33.1 Å². The summed E-state index contributed by atoms with van der Waals surface area (Å²) in [4.78, 5) is 37.0. The normalized spacial score (nSPS) is 10.9. The molecule has 0 heterocycles. The van der Waals surface area contributed by atoms with Crippen molar-refractivity contribution in [2.75, 3.05) is 5.32 Å². The zero-order valence-electron chi connectivity index (χ0n) is 18.7. The van der Waals surface area contributed by atoms with Crippen LogP contribution < -0.4 is 16.2 Å². The summed E-state index contributed by atoms with van der Waals surface area (Å²) < 4.78 is 0. The molecule has 6 nitrogen and oxygen atoms in total. The standard InChI is InChI=1S/C26H27N3O3/c1-17-7-5-6-8-22(17)25(32)29-28-24(31)19-11-15-21(16-12-19)27-23(30)18-9-13-20(14-10-18)26(2,3)4/h5-16H,1-4H3,(H,27,30)(H,28,31)(H,29,32). The number of hydrazine groups is 1. The highest BCUT2D eigenvalue weighted by Crippen LogP contribution is 2.22. The van der Waals surface area contributed by atoms with E-state index in [2.05, 4.69) is 36.9 Å². The van der Waals surface area contributed by atoms with E-state index in [1.54, 1.807) is 48.5 Å². The molecule has 3 amide bonds. The van der Waals surface area contributed by atoms with Crippen molar-refractivity contribution in [3.05, 3.63) is 101 Å². The second-order valence-electron chi connectivity index (χ2n) is 8.58. The molecule has 0 radical (unpaired) electrons. The number of benzene rings is 3. The summed E-state index contributed by atoms with van der Waals surface area (Å²) in [5, 5.41) is 2.82. The first-order chi connectivity index (χ1) is 15.1. The Hall–Kier alpha value is -3.93. The Morgan fingerprint density at radius 3 is 1.78 bits per heavy atom. The van der Waals surface area contributed by atoms with Crippen molar-refractivity contribution in [3.63, 3.8) is 0 Å². The van der Waals surface area contributed by atoms with Gasteiger partial charge in [-0.2, -0.15) is 0 Å². The lowest BCUT2D eigenvalue weighted by molar-refractivity contribution is 0.0846. The van der Waals surface area contributed by atoms with Gasteiger partial charge in [-0.25, -0.2) is 0 Å². The van der Waals surface area contributed by atoms with Crippen LogP contribution >= 0.6 is 0 Å². The molecule has 0 fully saturated rings. The SMILES string of the molecule is Cc1ccccc1C(=O)NNC(=O)c1ccc(NC(=O)c2ccc(C(C)(C)C)cc2)cc1. The van der Waals surface area contributed by atoms with Crippen LogP contribution in [0.2, 0.25) is 0 Å². The lowest BCUT2D eigenvalue weighted by Crippen LogP contribution is -2.41. The van der Waals surface area contributed by atoms with Crippen LogP contribution in [-0.2, 0) is 5.41 Å². The molecule has 0 bridgehead atoms. The van der Waals surface area contributed by atoms with E-state index < -0.39 is 11.8 Å². The quantitative estimate of drug-likeness (QED) is 0.529. The van der Waals surface area contributed by atoms with E-state index in [1.807, 2.05) is 31.2 Å². The van der Waals surface area contributed by atoms with Gasteiger partial charge in [0.15, 0.2) is 0 Å². The molecule has 0 spiro atoms. The minimum Gasteiger partial charge on any atom is -0.322 e. The molecular weight excluding hydrogens is 402 g/mol. The molecule has 6 heteroatoms. The van der Waals surface area contributed by atoms with E-state index in [4.69, 9.17) is 0 Å². The van der Waals surface area contributed by atoms with Gasteiger partial charge in [-0.15, -0.1) is 0 Å². The number of carbonyl (C=O) groups excluding carboxylic acids is 3. The molecule has 3 N–H and O–H groups in total. The zero-order valence-corrected chi connectivity index (χ0v) is 18.7. The molecule has 3 aromatic carbocycles. The lowest BCUT2D eigenvalue weighted by atomic mass is 9.87. The minimum atomic E-state index is -0.456. The maximum absolute atomic E-state index is 12.5. The molecule has 0 aliphatic rings. The van der Waals surface area contributed by atoms with Crippen LogP contribution in [-0.4, -0.2) is 17.7 Å². The highest BCUT2D eigenvalue weighted by molar-refractivity contribution is 6.04. The van der Waals surface area contributed by atoms with Crippen LogP contribution in [0, 0.1) is 6.92 Å². The average Bonchev–Trinajstić information content (AvgIpc) is 2.77. The lowest BCUT2D eigenvalue weighted by Gasteiger charge is -2.19. The van der Waals surface area contributed by atoms with Gasteiger partial charge in [0.1, 0.15) is 0 Å². The number of rotatable bonds is 4. The first kappa shape index (κ1) is 22.7. The van der Waals surface area contributed by atoms with Gasteiger partial charge in [-0.3, -0.25) is 25.2 Å².